The molecule has 0 amide bonds. The molecular formula is C37H48N6O8SSi. The van der Waals surface area contributed by atoms with E-state index in [2.05, 4.69) is 41.0 Å². The second-order valence-corrected chi connectivity index (χ2v) is 21.5. The normalized spacial score (nSPS) is 15.2. The Labute approximate surface area is 311 Å². The topological polar surface area (TPSA) is 158 Å². The summed E-state index contributed by atoms with van der Waals surface area (Å²) in [7, 11) is -3.02. The predicted octanol–water partition coefficient (Wildman–Crippen LogP) is 6.63. The molecule has 1 atom stereocenters. The molecule has 0 bridgehead atoms. The van der Waals surface area contributed by atoms with Crippen molar-refractivity contribution in [3.05, 3.63) is 60.7 Å². The molecule has 0 saturated carbocycles. The van der Waals surface area contributed by atoms with Gasteiger partial charge in [0.1, 0.15) is 24.8 Å². The zero-order valence-corrected chi connectivity index (χ0v) is 32.8. The fourth-order valence-corrected chi connectivity index (χ4v) is 6.94. The molecular weight excluding hydrogens is 717 g/mol. The van der Waals surface area contributed by atoms with Crippen LogP contribution in [0, 0.1) is 0 Å². The lowest BCUT2D eigenvalue weighted by Crippen LogP contribution is -2.24. The smallest absolute Gasteiger partial charge is 0.264 e. The molecule has 4 aromatic heterocycles. The largest absolute Gasteiger partial charge is 0.492 e. The number of ether oxygens (including phenoxy) is 5. The summed E-state index contributed by atoms with van der Waals surface area (Å²) in [6.07, 6.45) is 11.2. The zero-order valence-electron chi connectivity index (χ0n) is 31.0. The molecule has 16 heteroatoms. The summed E-state index contributed by atoms with van der Waals surface area (Å²) in [5, 5.41) is 4.73. The highest BCUT2D eigenvalue weighted by Crippen LogP contribution is 2.38. The quantitative estimate of drug-likeness (QED) is 0.0577. The van der Waals surface area contributed by atoms with Crippen molar-refractivity contribution in [2.45, 2.75) is 71.0 Å². The summed E-state index contributed by atoms with van der Waals surface area (Å²) in [4.78, 5) is 18.6. The summed E-state index contributed by atoms with van der Waals surface area (Å²) in [5.41, 5.74) is 4.07. The Hall–Kier alpha value is -4.35. The third kappa shape index (κ3) is 10.9. The Morgan fingerprint density at radius 2 is 1.87 bits per heavy atom. The Bertz CT molecular complexity index is 2120. The number of nitrogens with one attached hydrogen (secondary N) is 1. The molecule has 1 unspecified atom stereocenters. The van der Waals surface area contributed by atoms with Gasteiger partial charge in [-0.3, -0.25) is 14.2 Å². The number of rotatable bonds is 18. The minimum atomic E-state index is -3.50. The van der Waals surface area contributed by atoms with Gasteiger partial charge in [-0.05, 0) is 48.7 Å². The molecule has 6 rings (SSSR count). The molecule has 284 valence electrons. The SMILES string of the molecule is CNc1nc(OCc2cncc(OCCCOS(C)(=O)=O)c2)c2c(-c3ccc4ncc(OC5CCCCO5)cc4c3)cn(COCC[Si](C)(C)C)c2n1. The maximum Gasteiger partial charge on any atom is 0.264 e. The molecule has 1 aliphatic rings. The van der Waals surface area contributed by atoms with Gasteiger partial charge in [0.25, 0.3) is 10.1 Å². The van der Waals surface area contributed by atoms with Gasteiger partial charge in [-0.1, -0.05) is 25.7 Å². The predicted molar refractivity (Wildman–Crippen MR) is 206 cm³/mol. The first-order valence-electron chi connectivity index (χ1n) is 17.8. The van der Waals surface area contributed by atoms with Crippen molar-refractivity contribution in [3.63, 3.8) is 0 Å². The van der Waals surface area contributed by atoms with Crippen molar-refractivity contribution < 1.29 is 36.3 Å². The molecule has 14 nitrogen and oxygen atoms in total. The van der Waals surface area contributed by atoms with E-state index in [1.54, 1.807) is 25.6 Å². The van der Waals surface area contributed by atoms with E-state index in [-0.39, 0.29) is 26.1 Å². The number of aromatic nitrogens is 5. The Morgan fingerprint density at radius 3 is 2.64 bits per heavy atom. The number of hydrogen-bond acceptors (Lipinski definition) is 13. The van der Waals surface area contributed by atoms with Gasteiger partial charge in [-0.15, -0.1) is 0 Å². The highest BCUT2D eigenvalue weighted by Gasteiger charge is 2.22. The van der Waals surface area contributed by atoms with E-state index >= 15 is 0 Å². The van der Waals surface area contributed by atoms with Crippen LogP contribution >= 0.6 is 0 Å². The molecule has 1 N–H and O–H groups in total. The Kier molecular flexibility index (Phi) is 12.5. The van der Waals surface area contributed by atoms with Gasteiger partial charge in [-0.25, -0.2) is 0 Å². The zero-order chi connectivity index (χ0) is 37.4. The van der Waals surface area contributed by atoms with Gasteiger partial charge in [0.15, 0.2) is 11.9 Å². The fraction of sp³-hybridized carbons (Fsp3) is 0.459. The van der Waals surface area contributed by atoms with Crippen molar-refractivity contribution in [3.8, 4) is 28.5 Å². The van der Waals surface area contributed by atoms with Crippen LogP contribution in [0.4, 0.5) is 5.95 Å². The van der Waals surface area contributed by atoms with E-state index in [4.69, 9.17) is 37.8 Å². The molecule has 53 heavy (non-hydrogen) atoms. The van der Waals surface area contributed by atoms with Crippen molar-refractivity contribution in [1.29, 1.82) is 0 Å². The average Bonchev–Trinajstić information content (AvgIpc) is 3.50. The highest BCUT2D eigenvalue weighted by atomic mass is 32.2. The van der Waals surface area contributed by atoms with Crippen LogP contribution in [-0.4, -0.2) is 87.0 Å². The first kappa shape index (κ1) is 38.4. The third-order valence-corrected chi connectivity index (χ3v) is 10.8. The first-order chi connectivity index (χ1) is 25.4. The van der Waals surface area contributed by atoms with Crippen LogP contribution in [0.15, 0.2) is 55.1 Å². The van der Waals surface area contributed by atoms with Gasteiger partial charge in [0.2, 0.25) is 11.8 Å². The lowest BCUT2D eigenvalue weighted by atomic mass is 10.0. The summed E-state index contributed by atoms with van der Waals surface area (Å²) in [6, 6.07) is 11.0. The molecule has 1 saturated heterocycles. The van der Waals surface area contributed by atoms with Gasteiger partial charge in [0, 0.05) is 63.5 Å². The van der Waals surface area contributed by atoms with Crippen LogP contribution in [-0.2, 0) is 37.1 Å². The van der Waals surface area contributed by atoms with Crippen molar-refractivity contribution in [2.24, 2.45) is 0 Å². The van der Waals surface area contributed by atoms with Gasteiger partial charge in [-0.2, -0.15) is 18.4 Å². The first-order valence-corrected chi connectivity index (χ1v) is 23.4. The van der Waals surface area contributed by atoms with E-state index in [9.17, 15) is 8.42 Å². The summed E-state index contributed by atoms with van der Waals surface area (Å²) in [5.74, 6) is 1.98. The van der Waals surface area contributed by atoms with E-state index in [0.717, 1.165) is 64.5 Å². The van der Waals surface area contributed by atoms with Crippen molar-refractivity contribution >= 4 is 46.1 Å². The number of pyridine rings is 2. The monoisotopic (exact) mass is 764 g/mol. The van der Waals surface area contributed by atoms with Crippen LogP contribution in [0.1, 0.15) is 31.2 Å². The van der Waals surface area contributed by atoms with Gasteiger partial charge < -0.3 is 33.6 Å². The number of benzene rings is 1. The number of hydrogen-bond donors (Lipinski definition) is 1. The second kappa shape index (κ2) is 17.2. The number of nitrogens with zero attached hydrogens (tertiary/aromatic N) is 5. The van der Waals surface area contributed by atoms with Gasteiger partial charge in [0.05, 0.1) is 49.4 Å². The van der Waals surface area contributed by atoms with Crippen molar-refractivity contribution in [2.75, 3.05) is 45.0 Å². The Balaban J connectivity index is 1.30. The summed E-state index contributed by atoms with van der Waals surface area (Å²) in [6.45, 7) is 9.11. The van der Waals surface area contributed by atoms with Crippen LogP contribution in [0.2, 0.25) is 25.7 Å². The maximum atomic E-state index is 11.2. The van der Waals surface area contributed by atoms with Crippen LogP contribution in [0.25, 0.3) is 33.1 Å². The molecule has 0 radical (unpaired) electrons. The minimum absolute atomic E-state index is 0.0377. The van der Waals surface area contributed by atoms with Crippen LogP contribution < -0.4 is 19.5 Å². The highest BCUT2D eigenvalue weighted by molar-refractivity contribution is 7.85. The van der Waals surface area contributed by atoms with E-state index in [1.807, 2.05) is 35.0 Å². The summed E-state index contributed by atoms with van der Waals surface area (Å²) >= 11 is 0. The number of anilines is 1. The maximum absolute atomic E-state index is 11.2. The third-order valence-electron chi connectivity index (χ3n) is 8.51. The molecule has 0 spiro atoms. The number of fused-ring (bicyclic) bond motifs is 2. The molecule has 5 aromatic rings. The lowest BCUT2D eigenvalue weighted by molar-refractivity contribution is -0.106. The standard InChI is InChI=1S/C37H48N6O8SSi/c1-38-37-41-35-34(36(42-37)49-24-26-17-29(21-39-20-26)47-13-8-14-50-52(2,44)45)31(23-43(35)25-46-15-16-53(3,4)5)27-10-11-32-28(18-27)19-30(22-40-32)51-33-9-6-7-12-48-33/h10-11,17-23,33H,6-9,12-16,24-25H2,1-5H3,(H,38,41,42). The van der Waals surface area contributed by atoms with Crippen molar-refractivity contribution in [1.82, 2.24) is 24.5 Å². The molecule has 1 fully saturated rings. The molecule has 1 aromatic carbocycles. The minimum Gasteiger partial charge on any atom is -0.492 e. The lowest BCUT2D eigenvalue weighted by Gasteiger charge is -2.23. The van der Waals surface area contributed by atoms with Crippen LogP contribution in [0.3, 0.4) is 0 Å². The average molecular weight is 765 g/mol. The van der Waals surface area contributed by atoms with Gasteiger partial charge >= 0.3 is 0 Å². The Morgan fingerprint density at radius 1 is 1.00 bits per heavy atom. The second-order valence-electron chi connectivity index (χ2n) is 14.2. The fourth-order valence-electron chi connectivity index (χ4n) is 5.76. The van der Waals surface area contributed by atoms with E-state index in [1.165, 1.54) is 0 Å². The molecule has 5 heterocycles. The summed E-state index contributed by atoms with van der Waals surface area (Å²) < 4.78 is 59.6. The van der Waals surface area contributed by atoms with E-state index in [0.29, 0.717) is 55.3 Å². The molecule has 1 aliphatic heterocycles. The van der Waals surface area contributed by atoms with E-state index < -0.39 is 18.2 Å². The van der Waals surface area contributed by atoms with Crippen LogP contribution in [0.5, 0.6) is 17.4 Å². The molecule has 0 aliphatic carbocycles.